The molecule has 1 N–H and O–H groups in total. The lowest BCUT2D eigenvalue weighted by molar-refractivity contribution is -0.145. The van der Waals surface area contributed by atoms with Crippen LogP contribution in [0.25, 0.3) is 6.08 Å². The van der Waals surface area contributed by atoms with Gasteiger partial charge in [-0.1, -0.05) is 49.5 Å². The Hall–Kier alpha value is -1.86. The highest BCUT2D eigenvalue weighted by atomic mass is 32.2. The molecule has 1 aliphatic heterocycles. The van der Waals surface area contributed by atoms with E-state index < -0.39 is 12.0 Å². The highest BCUT2D eigenvalue weighted by Gasteiger charge is 2.39. The van der Waals surface area contributed by atoms with Crippen molar-refractivity contribution in [2.24, 2.45) is 0 Å². The fraction of sp³-hybridized carbons (Fsp3) is 0.312. The van der Waals surface area contributed by atoms with E-state index in [1.807, 2.05) is 25.1 Å². The highest BCUT2D eigenvalue weighted by molar-refractivity contribution is 8.26. The summed E-state index contributed by atoms with van der Waals surface area (Å²) >= 11 is 6.33. The van der Waals surface area contributed by atoms with Crippen LogP contribution in [0.5, 0.6) is 5.75 Å². The van der Waals surface area contributed by atoms with Gasteiger partial charge in [-0.3, -0.25) is 9.69 Å². The van der Waals surface area contributed by atoms with E-state index in [4.69, 9.17) is 17.0 Å². The number of thioether (sulfide) groups is 1. The quantitative estimate of drug-likeness (QED) is 0.627. The minimum atomic E-state index is -1.04. The van der Waals surface area contributed by atoms with Crippen LogP contribution < -0.4 is 4.74 Å². The maximum atomic E-state index is 12.6. The van der Waals surface area contributed by atoms with Crippen molar-refractivity contribution in [2.45, 2.75) is 25.8 Å². The Morgan fingerprint density at radius 3 is 2.87 bits per heavy atom. The van der Waals surface area contributed by atoms with E-state index >= 15 is 0 Å². The molecule has 1 atom stereocenters. The van der Waals surface area contributed by atoms with Gasteiger partial charge in [0, 0.05) is 0 Å². The molecule has 0 saturated carbocycles. The Morgan fingerprint density at radius 2 is 2.26 bits per heavy atom. The van der Waals surface area contributed by atoms with E-state index in [9.17, 15) is 14.7 Å². The number of hydrogen-bond donors (Lipinski definition) is 1. The number of benzene rings is 1. The fourth-order valence-electron chi connectivity index (χ4n) is 2.27. The Labute approximate surface area is 144 Å². The Balaban J connectivity index is 2.29. The first-order valence-electron chi connectivity index (χ1n) is 7.11. The molecular weight excluding hydrogens is 334 g/mol. The molecule has 0 bridgehead atoms. The summed E-state index contributed by atoms with van der Waals surface area (Å²) in [6.07, 6.45) is 2.73. The lowest BCUT2D eigenvalue weighted by Crippen LogP contribution is -2.43. The van der Waals surface area contributed by atoms with Gasteiger partial charge in [0.2, 0.25) is 0 Å². The van der Waals surface area contributed by atoms with Gasteiger partial charge in [-0.25, -0.2) is 4.79 Å². The van der Waals surface area contributed by atoms with Crippen molar-refractivity contribution in [3.63, 3.8) is 0 Å². The minimum absolute atomic E-state index is 0.282. The molecule has 122 valence electrons. The van der Waals surface area contributed by atoms with Crippen LogP contribution in [0.2, 0.25) is 0 Å². The van der Waals surface area contributed by atoms with Crippen molar-refractivity contribution in [3.8, 4) is 5.75 Å². The maximum Gasteiger partial charge on any atom is 0.326 e. The normalized spacial score (nSPS) is 17.7. The van der Waals surface area contributed by atoms with Gasteiger partial charge in [0.05, 0.1) is 12.0 Å². The summed E-state index contributed by atoms with van der Waals surface area (Å²) in [5.74, 6) is -0.710. The van der Waals surface area contributed by atoms with Crippen LogP contribution in [0.3, 0.4) is 0 Å². The summed E-state index contributed by atoms with van der Waals surface area (Å²) in [6.45, 7) is 1.87. The molecule has 5 nitrogen and oxygen atoms in total. The number of carbonyl (C=O) groups is 2. The van der Waals surface area contributed by atoms with Crippen molar-refractivity contribution < 1.29 is 19.4 Å². The predicted octanol–water partition coefficient (Wildman–Crippen LogP) is 3.15. The van der Waals surface area contributed by atoms with E-state index in [-0.39, 0.29) is 10.2 Å². The first kappa shape index (κ1) is 17.5. The molecule has 0 aromatic heterocycles. The first-order chi connectivity index (χ1) is 11.0. The van der Waals surface area contributed by atoms with Crippen LogP contribution in [-0.4, -0.2) is 39.4 Å². The lowest BCUT2D eigenvalue weighted by atomic mass is 10.1. The molecule has 2 rings (SSSR count). The van der Waals surface area contributed by atoms with Gasteiger partial charge in [-0.15, -0.1) is 0 Å². The van der Waals surface area contributed by atoms with Crippen molar-refractivity contribution >= 4 is 46.3 Å². The minimum Gasteiger partial charge on any atom is -0.497 e. The van der Waals surface area contributed by atoms with E-state index in [2.05, 4.69) is 0 Å². The largest absolute Gasteiger partial charge is 0.497 e. The molecule has 0 unspecified atom stereocenters. The second kappa shape index (κ2) is 7.61. The van der Waals surface area contributed by atoms with Gasteiger partial charge in [0.15, 0.2) is 0 Å². The second-order valence-corrected chi connectivity index (χ2v) is 6.65. The molecule has 1 heterocycles. The van der Waals surface area contributed by atoms with Gasteiger partial charge < -0.3 is 9.84 Å². The zero-order valence-corrected chi connectivity index (χ0v) is 14.4. The molecule has 1 aromatic rings. The molecule has 0 radical (unpaired) electrons. The number of rotatable bonds is 6. The number of hydrogen-bond acceptors (Lipinski definition) is 5. The topological polar surface area (TPSA) is 66.8 Å². The molecule has 0 spiro atoms. The van der Waals surface area contributed by atoms with Crippen LogP contribution in [0, 0.1) is 0 Å². The van der Waals surface area contributed by atoms with Gasteiger partial charge in [-0.2, -0.15) is 0 Å². The van der Waals surface area contributed by atoms with Crippen LogP contribution in [0.15, 0.2) is 29.2 Å². The number of thiocarbonyl (C=S) groups is 1. The van der Waals surface area contributed by atoms with Gasteiger partial charge in [0.25, 0.3) is 5.91 Å². The van der Waals surface area contributed by atoms with E-state index in [1.165, 1.54) is 4.90 Å². The number of carbonyl (C=O) groups excluding carboxylic acids is 1. The zero-order chi connectivity index (χ0) is 17.0. The van der Waals surface area contributed by atoms with Crippen molar-refractivity contribution in [1.82, 2.24) is 4.90 Å². The number of nitrogens with zero attached hydrogens (tertiary/aromatic N) is 1. The molecular formula is C16H17NO4S2. The number of ether oxygens (including phenoxy) is 1. The van der Waals surface area contributed by atoms with Crippen molar-refractivity contribution in [2.75, 3.05) is 7.11 Å². The third kappa shape index (κ3) is 3.92. The van der Waals surface area contributed by atoms with E-state index in [0.717, 1.165) is 17.3 Å². The molecule has 23 heavy (non-hydrogen) atoms. The molecule has 0 aliphatic carbocycles. The third-order valence-electron chi connectivity index (χ3n) is 3.37. The number of aliphatic carboxylic acids is 1. The maximum absolute atomic E-state index is 12.6. The Bertz CT molecular complexity index is 672. The van der Waals surface area contributed by atoms with Gasteiger partial charge in [0.1, 0.15) is 16.1 Å². The number of amides is 1. The summed E-state index contributed by atoms with van der Waals surface area (Å²) < 4.78 is 5.44. The predicted molar refractivity (Wildman–Crippen MR) is 94.3 cm³/mol. The first-order valence-corrected chi connectivity index (χ1v) is 8.34. The Kier molecular flexibility index (Phi) is 5.79. The van der Waals surface area contributed by atoms with Crippen LogP contribution >= 0.6 is 24.0 Å². The zero-order valence-electron chi connectivity index (χ0n) is 12.8. The third-order valence-corrected chi connectivity index (χ3v) is 4.70. The monoisotopic (exact) mass is 351 g/mol. The van der Waals surface area contributed by atoms with E-state index in [1.54, 1.807) is 19.3 Å². The molecule has 7 heteroatoms. The molecule has 1 saturated heterocycles. The second-order valence-electron chi connectivity index (χ2n) is 4.97. The average Bonchev–Trinajstić information content (AvgIpc) is 2.79. The molecule has 1 aliphatic rings. The van der Waals surface area contributed by atoms with Gasteiger partial charge in [-0.05, 0) is 30.2 Å². The van der Waals surface area contributed by atoms with Crippen LogP contribution in [0.1, 0.15) is 25.3 Å². The van der Waals surface area contributed by atoms with E-state index in [0.29, 0.717) is 23.5 Å². The summed E-state index contributed by atoms with van der Waals surface area (Å²) in [4.78, 5) is 25.6. The molecule has 1 amide bonds. The van der Waals surface area contributed by atoms with Crippen molar-refractivity contribution in [3.05, 3.63) is 34.7 Å². The Morgan fingerprint density at radius 1 is 1.52 bits per heavy atom. The lowest BCUT2D eigenvalue weighted by Gasteiger charge is -2.22. The summed E-state index contributed by atoms with van der Waals surface area (Å²) in [5, 5.41) is 9.35. The highest BCUT2D eigenvalue weighted by Crippen LogP contribution is 2.35. The number of methoxy groups -OCH3 is 1. The molecule has 1 aromatic carbocycles. The fourth-order valence-corrected chi connectivity index (χ4v) is 3.62. The average molecular weight is 351 g/mol. The van der Waals surface area contributed by atoms with Gasteiger partial charge >= 0.3 is 5.97 Å². The summed E-state index contributed by atoms with van der Waals surface area (Å²) in [6, 6.07) is 6.36. The summed E-state index contributed by atoms with van der Waals surface area (Å²) in [7, 11) is 1.57. The molecule has 1 fully saturated rings. The number of carboxylic acids is 1. The SMILES string of the molecule is CCC[C@H](C(=O)O)N1C(=O)/C(=C/c2cccc(OC)c2)SC1=S. The van der Waals surface area contributed by atoms with Crippen LogP contribution in [-0.2, 0) is 9.59 Å². The van der Waals surface area contributed by atoms with Crippen molar-refractivity contribution in [1.29, 1.82) is 0 Å². The standard InChI is InChI=1S/C16H17NO4S2/c1-3-5-12(15(19)20)17-14(18)13(23-16(17)22)9-10-6-4-7-11(8-10)21-2/h4,6-9,12H,3,5H2,1-2H3,(H,19,20)/b13-9-/t12-/m1/s1. The van der Waals surface area contributed by atoms with Crippen LogP contribution in [0.4, 0.5) is 0 Å². The number of carboxylic acid groups (broad SMARTS) is 1. The summed E-state index contributed by atoms with van der Waals surface area (Å²) in [5.41, 5.74) is 0.798. The smallest absolute Gasteiger partial charge is 0.326 e.